The molecule has 35 heavy (non-hydrogen) atoms. The molecule has 5 rings (SSSR count). The number of aromatic nitrogens is 7. The lowest BCUT2D eigenvalue weighted by Gasteiger charge is -2.24. The number of fused-ring (bicyclic) bond motifs is 1. The Morgan fingerprint density at radius 1 is 1.00 bits per heavy atom. The molecule has 0 saturated carbocycles. The molecular weight excluding hydrogens is 464 g/mol. The highest BCUT2D eigenvalue weighted by Gasteiger charge is 2.37. The smallest absolute Gasteiger partial charge is 0.271 e. The number of nitrogens with zero attached hydrogens (tertiary/aromatic N) is 7. The van der Waals surface area contributed by atoms with Gasteiger partial charge in [0.1, 0.15) is 11.9 Å². The van der Waals surface area contributed by atoms with Gasteiger partial charge in [-0.15, -0.1) is 5.10 Å². The second-order valence-electron chi connectivity index (χ2n) is 8.11. The molecule has 0 unspecified atom stereocenters. The van der Waals surface area contributed by atoms with E-state index in [2.05, 4.69) is 25.1 Å². The van der Waals surface area contributed by atoms with Gasteiger partial charge in [0, 0.05) is 24.2 Å². The zero-order valence-electron chi connectivity index (χ0n) is 18.5. The number of benzene rings is 1. The van der Waals surface area contributed by atoms with Gasteiger partial charge in [-0.2, -0.15) is 10.1 Å². The predicted octanol–water partition coefficient (Wildman–Crippen LogP) is 4.46. The summed E-state index contributed by atoms with van der Waals surface area (Å²) >= 11 is 0. The van der Waals surface area contributed by atoms with Crippen LogP contribution in [0, 0.1) is 18.6 Å². The Labute approximate surface area is 196 Å². The van der Waals surface area contributed by atoms with Crippen molar-refractivity contribution in [3.8, 4) is 22.5 Å². The minimum Gasteiger partial charge on any atom is -0.366 e. The van der Waals surface area contributed by atoms with Gasteiger partial charge in [-0.3, -0.25) is 9.67 Å². The van der Waals surface area contributed by atoms with Gasteiger partial charge in [0.2, 0.25) is 5.95 Å². The SMILES string of the molecule is Cc1c(-c2cncc(-c3cnn([C@H](c4ccc(F)cc4)C(C)(F)F)c3)n2)cc(F)c2nc(N)nn12. The van der Waals surface area contributed by atoms with Crippen molar-refractivity contribution < 1.29 is 17.6 Å². The van der Waals surface area contributed by atoms with Crippen molar-refractivity contribution in [2.75, 3.05) is 5.73 Å². The lowest BCUT2D eigenvalue weighted by molar-refractivity contribution is -0.0217. The molecule has 1 atom stereocenters. The van der Waals surface area contributed by atoms with Crippen LogP contribution in [-0.4, -0.2) is 40.3 Å². The van der Waals surface area contributed by atoms with Gasteiger partial charge in [-0.05, 0) is 30.7 Å². The Kier molecular flexibility index (Phi) is 5.23. The third-order valence-electron chi connectivity index (χ3n) is 5.55. The van der Waals surface area contributed by atoms with E-state index in [1.807, 2.05) is 0 Å². The topological polar surface area (TPSA) is 99.8 Å². The first kappa shape index (κ1) is 22.4. The quantitative estimate of drug-likeness (QED) is 0.371. The number of hydrogen-bond donors (Lipinski definition) is 1. The Balaban J connectivity index is 1.55. The van der Waals surface area contributed by atoms with Gasteiger partial charge >= 0.3 is 0 Å². The molecule has 0 spiro atoms. The molecule has 178 valence electrons. The molecule has 0 saturated heterocycles. The van der Waals surface area contributed by atoms with E-state index in [1.165, 1.54) is 47.5 Å². The fourth-order valence-electron chi connectivity index (χ4n) is 3.95. The van der Waals surface area contributed by atoms with Gasteiger partial charge in [0.05, 0.1) is 35.7 Å². The molecule has 0 aliphatic heterocycles. The molecule has 0 radical (unpaired) electrons. The number of alkyl halides is 2. The molecule has 1 aromatic carbocycles. The number of nitrogens with two attached hydrogens (primary N) is 1. The third kappa shape index (κ3) is 4.07. The van der Waals surface area contributed by atoms with Crippen molar-refractivity contribution in [2.24, 2.45) is 0 Å². The maximum Gasteiger partial charge on any atom is 0.271 e. The highest BCUT2D eigenvalue weighted by molar-refractivity contribution is 5.68. The predicted molar refractivity (Wildman–Crippen MR) is 120 cm³/mol. The second kappa shape index (κ2) is 8.15. The summed E-state index contributed by atoms with van der Waals surface area (Å²) in [5.41, 5.74) is 7.82. The average molecular weight is 482 g/mol. The zero-order chi connectivity index (χ0) is 24.9. The van der Waals surface area contributed by atoms with Gasteiger partial charge in [0.15, 0.2) is 11.5 Å². The number of aryl methyl sites for hydroxylation is 1. The van der Waals surface area contributed by atoms with Crippen LogP contribution in [0.15, 0.2) is 55.1 Å². The van der Waals surface area contributed by atoms with E-state index in [-0.39, 0.29) is 17.2 Å². The number of nitrogen functional groups attached to an aromatic ring is 1. The van der Waals surface area contributed by atoms with E-state index < -0.39 is 23.6 Å². The van der Waals surface area contributed by atoms with E-state index in [0.29, 0.717) is 28.2 Å². The lowest BCUT2D eigenvalue weighted by atomic mass is 10.0. The normalized spacial score (nSPS) is 12.9. The summed E-state index contributed by atoms with van der Waals surface area (Å²) < 4.78 is 59.4. The Morgan fingerprint density at radius 2 is 1.71 bits per heavy atom. The molecule has 0 aliphatic rings. The summed E-state index contributed by atoms with van der Waals surface area (Å²) in [4.78, 5) is 12.6. The first-order valence-electron chi connectivity index (χ1n) is 10.4. The van der Waals surface area contributed by atoms with E-state index in [4.69, 9.17) is 5.73 Å². The summed E-state index contributed by atoms with van der Waals surface area (Å²) in [5.74, 6) is -4.43. The van der Waals surface area contributed by atoms with Crippen LogP contribution in [0.3, 0.4) is 0 Å². The fraction of sp³-hybridized carbons (Fsp3) is 0.174. The van der Waals surface area contributed by atoms with Crippen LogP contribution < -0.4 is 5.73 Å². The van der Waals surface area contributed by atoms with E-state index >= 15 is 0 Å². The maximum absolute atomic E-state index is 14.6. The zero-order valence-corrected chi connectivity index (χ0v) is 18.5. The monoisotopic (exact) mass is 482 g/mol. The Bertz CT molecular complexity index is 1540. The summed E-state index contributed by atoms with van der Waals surface area (Å²) in [6.45, 7) is 2.48. The van der Waals surface area contributed by atoms with Crippen LogP contribution in [0.5, 0.6) is 0 Å². The maximum atomic E-state index is 14.6. The number of anilines is 1. The van der Waals surface area contributed by atoms with E-state index in [9.17, 15) is 17.6 Å². The number of hydrogen-bond acceptors (Lipinski definition) is 6. The molecule has 0 fully saturated rings. The minimum atomic E-state index is -3.20. The first-order chi connectivity index (χ1) is 16.6. The van der Waals surface area contributed by atoms with E-state index in [1.54, 1.807) is 6.92 Å². The van der Waals surface area contributed by atoms with Crippen molar-refractivity contribution in [1.82, 2.24) is 34.3 Å². The third-order valence-corrected chi connectivity index (χ3v) is 5.55. The molecule has 5 aromatic rings. The molecule has 0 aliphatic carbocycles. The van der Waals surface area contributed by atoms with Gasteiger partial charge in [0.25, 0.3) is 5.92 Å². The van der Waals surface area contributed by atoms with Crippen LogP contribution in [0.25, 0.3) is 28.2 Å². The van der Waals surface area contributed by atoms with Crippen molar-refractivity contribution in [3.05, 3.63) is 78.0 Å². The van der Waals surface area contributed by atoms with Crippen LogP contribution in [0.4, 0.5) is 23.5 Å². The van der Waals surface area contributed by atoms with Crippen molar-refractivity contribution in [3.63, 3.8) is 0 Å². The highest BCUT2D eigenvalue weighted by atomic mass is 19.3. The molecule has 4 heterocycles. The molecule has 0 bridgehead atoms. The number of halogens is 4. The molecule has 8 nitrogen and oxygen atoms in total. The summed E-state index contributed by atoms with van der Waals surface area (Å²) in [5, 5.41) is 8.12. The van der Waals surface area contributed by atoms with Crippen LogP contribution in [0.2, 0.25) is 0 Å². The van der Waals surface area contributed by atoms with Gasteiger partial charge in [-0.25, -0.2) is 27.1 Å². The lowest BCUT2D eigenvalue weighted by Crippen LogP contribution is -2.29. The Hall–Kier alpha value is -4.35. The minimum absolute atomic E-state index is 0.0125. The van der Waals surface area contributed by atoms with Crippen LogP contribution in [0.1, 0.15) is 24.2 Å². The van der Waals surface area contributed by atoms with Crippen molar-refractivity contribution in [2.45, 2.75) is 25.8 Å². The summed E-state index contributed by atoms with van der Waals surface area (Å²) in [6, 6.07) is 4.62. The standard InChI is InChI=1S/C23H18F4N8/c1-12-16(7-17(25)21-32-22(28)33-35(12)21)19-10-29-9-18(31-19)14-8-30-34(11-14)20(23(2,26)27)13-3-5-15(24)6-4-13/h3-11,20H,1-2H3,(H2,28,33)/t20-/m1/s1. The molecule has 12 heteroatoms. The molecule has 0 amide bonds. The van der Waals surface area contributed by atoms with Gasteiger partial charge < -0.3 is 5.73 Å². The van der Waals surface area contributed by atoms with Crippen LogP contribution in [-0.2, 0) is 0 Å². The van der Waals surface area contributed by atoms with E-state index in [0.717, 1.165) is 23.7 Å². The molecule has 2 N–H and O–H groups in total. The summed E-state index contributed by atoms with van der Waals surface area (Å²) in [6.07, 6.45) is 5.68. The summed E-state index contributed by atoms with van der Waals surface area (Å²) in [7, 11) is 0. The molecule has 4 aromatic heterocycles. The van der Waals surface area contributed by atoms with Crippen LogP contribution >= 0.6 is 0 Å². The second-order valence-corrected chi connectivity index (χ2v) is 8.11. The highest BCUT2D eigenvalue weighted by Crippen LogP contribution is 2.35. The van der Waals surface area contributed by atoms with Gasteiger partial charge in [-0.1, -0.05) is 12.1 Å². The van der Waals surface area contributed by atoms with Crippen molar-refractivity contribution in [1.29, 1.82) is 0 Å². The first-order valence-corrected chi connectivity index (χ1v) is 10.4. The molecular formula is C23H18F4N8. The fourth-order valence-corrected chi connectivity index (χ4v) is 3.95. The number of rotatable bonds is 5. The number of pyridine rings is 1. The van der Waals surface area contributed by atoms with Crippen molar-refractivity contribution >= 4 is 11.6 Å². The Morgan fingerprint density at radius 3 is 2.43 bits per heavy atom. The largest absolute Gasteiger partial charge is 0.366 e. The average Bonchev–Trinajstić information content (AvgIpc) is 3.44.